The lowest BCUT2D eigenvalue weighted by molar-refractivity contribution is 0.208. The van der Waals surface area contributed by atoms with Crippen LogP contribution >= 0.6 is 11.3 Å². The molecule has 0 atom stereocenters. The predicted molar refractivity (Wildman–Crippen MR) is 92.6 cm³/mol. The fraction of sp³-hybridized carbons (Fsp3) is 0.375. The third-order valence-electron chi connectivity index (χ3n) is 3.86. The van der Waals surface area contributed by atoms with E-state index in [2.05, 4.69) is 15.2 Å². The van der Waals surface area contributed by atoms with Gasteiger partial charge < -0.3 is 19.9 Å². The molecule has 3 rings (SSSR count). The van der Waals surface area contributed by atoms with Gasteiger partial charge in [-0.3, -0.25) is 0 Å². The van der Waals surface area contributed by atoms with E-state index in [1.807, 2.05) is 41.6 Å². The van der Waals surface area contributed by atoms with Crippen molar-refractivity contribution in [3.63, 3.8) is 0 Å². The summed E-state index contributed by atoms with van der Waals surface area (Å²) in [5.41, 5.74) is 1.79. The number of carbonyl (C=O) groups is 1. The van der Waals surface area contributed by atoms with E-state index in [-0.39, 0.29) is 6.03 Å². The van der Waals surface area contributed by atoms with Crippen molar-refractivity contribution in [2.45, 2.75) is 6.92 Å². The lowest BCUT2D eigenvalue weighted by Crippen LogP contribution is -2.50. The third-order valence-corrected chi connectivity index (χ3v) is 4.69. The van der Waals surface area contributed by atoms with Gasteiger partial charge in [0.05, 0.1) is 12.8 Å². The molecule has 1 fully saturated rings. The Morgan fingerprint density at radius 1 is 1.30 bits per heavy atom. The molecule has 2 amide bonds. The molecule has 0 spiro atoms. The average molecular weight is 332 g/mol. The first kappa shape index (κ1) is 15.6. The van der Waals surface area contributed by atoms with Gasteiger partial charge in [-0.15, -0.1) is 11.3 Å². The van der Waals surface area contributed by atoms with Crippen LogP contribution in [0.1, 0.15) is 5.56 Å². The number of carbonyl (C=O) groups excluding carboxylic acids is 1. The van der Waals surface area contributed by atoms with Crippen LogP contribution in [0.2, 0.25) is 0 Å². The summed E-state index contributed by atoms with van der Waals surface area (Å²) >= 11 is 1.63. The lowest BCUT2D eigenvalue weighted by Gasteiger charge is -2.34. The molecule has 1 aliphatic heterocycles. The molecule has 0 radical (unpaired) electrons. The molecule has 1 saturated heterocycles. The monoisotopic (exact) mass is 332 g/mol. The van der Waals surface area contributed by atoms with Crippen molar-refractivity contribution < 1.29 is 9.53 Å². The molecular formula is C16H20N4O2S. The van der Waals surface area contributed by atoms with Crippen LogP contribution in [0.25, 0.3) is 0 Å². The number of methoxy groups -OCH3 is 1. The summed E-state index contributed by atoms with van der Waals surface area (Å²) in [5, 5.41) is 5.93. The molecule has 0 saturated carbocycles. The zero-order valence-corrected chi connectivity index (χ0v) is 14.1. The second-order valence-corrected chi connectivity index (χ2v) is 6.30. The number of ether oxygens (including phenoxy) is 1. The van der Waals surface area contributed by atoms with Gasteiger partial charge in [-0.2, -0.15) is 0 Å². The van der Waals surface area contributed by atoms with E-state index in [0.29, 0.717) is 24.5 Å². The number of nitrogens with zero attached hydrogens (tertiary/aromatic N) is 3. The maximum atomic E-state index is 12.4. The van der Waals surface area contributed by atoms with Gasteiger partial charge in [0.25, 0.3) is 0 Å². The first-order chi connectivity index (χ1) is 11.2. The third kappa shape index (κ3) is 3.56. The fourth-order valence-electron chi connectivity index (χ4n) is 2.57. The number of amides is 2. The summed E-state index contributed by atoms with van der Waals surface area (Å²) in [6, 6.07) is 5.65. The highest BCUT2D eigenvalue weighted by Crippen LogP contribution is 2.26. The largest absolute Gasteiger partial charge is 0.495 e. The molecule has 0 bridgehead atoms. The minimum Gasteiger partial charge on any atom is -0.495 e. The summed E-state index contributed by atoms with van der Waals surface area (Å²) in [6.07, 6.45) is 1.81. The van der Waals surface area contributed by atoms with Gasteiger partial charge in [-0.25, -0.2) is 9.78 Å². The topological polar surface area (TPSA) is 57.7 Å². The number of rotatable bonds is 3. The Balaban J connectivity index is 1.60. The fourth-order valence-corrected chi connectivity index (χ4v) is 3.27. The number of hydrogen-bond donors (Lipinski definition) is 1. The molecule has 6 nitrogen and oxygen atoms in total. The average Bonchev–Trinajstić information content (AvgIpc) is 3.11. The Labute approximate surface area is 139 Å². The number of aromatic nitrogens is 1. The van der Waals surface area contributed by atoms with Crippen molar-refractivity contribution >= 4 is 28.2 Å². The molecule has 1 aromatic carbocycles. The number of benzene rings is 1. The molecule has 7 heteroatoms. The molecule has 0 aliphatic carbocycles. The Morgan fingerprint density at radius 3 is 2.74 bits per heavy atom. The molecule has 2 aromatic rings. The van der Waals surface area contributed by atoms with Crippen LogP contribution in [0.15, 0.2) is 29.8 Å². The van der Waals surface area contributed by atoms with E-state index in [9.17, 15) is 4.79 Å². The summed E-state index contributed by atoms with van der Waals surface area (Å²) in [5.74, 6) is 0.680. The first-order valence-corrected chi connectivity index (χ1v) is 8.40. The standard InChI is InChI=1S/C16H20N4O2S/c1-12-3-4-13(14(11-12)22-2)18-15(21)19-6-8-20(9-7-19)16-17-5-10-23-16/h3-5,10-11H,6-9H2,1-2H3,(H,18,21). The first-order valence-electron chi connectivity index (χ1n) is 7.52. The second-order valence-electron chi connectivity index (χ2n) is 5.42. The number of piperazine rings is 1. The minimum absolute atomic E-state index is 0.0917. The number of hydrogen-bond acceptors (Lipinski definition) is 5. The maximum absolute atomic E-state index is 12.4. The quantitative estimate of drug-likeness (QED) is 0.939. The molecule has 0 unspecified atom stereocenters. The summed E-state index contributed by atoms with van der Waals surface area (Å²) < 4.78 is 5.33. The Morgan fingerprint density at radius 2 is 2.09 bits per heavy atom. The maximum Gasteiger partial charge on any atom is 0.322 e. The van der Waals surface area contributed by atoms with E-state index >= 15 is 0 Å². The smallest absolute Gasteiger partial charge is 0.322 e. The van der Waals surface area contributed by atoms with Crippen molar-refractivity contribution in [2.75, 3.05) is 43.5 Å². The van der Waals surface area contributed by atoms with Gasteiger partial charge in [0.15, 0.2) is 5.13 Å². The predicted octanol–water partition coefficient (Wildman–Crippen LogP) is 2.81. The van der Waals surface area contributed by atoms with Gasteiger partial charge in [-0.1, -0.05) is 6.07 Å². The highest BCUT2D eigenvalue weighted by atomic mass is 32.1. The zero-order valence-electron chi connectivity index (χ0n) is 13.3. The molecule has 23 heavy (non-hydrogen) atoms. The highest BCUT2D eigenvalue weighted by molar-refractivity contribution is 7.13. The molecule has 122 valence electrons. The van der Waals surface area contributed by atoms with Gasteiger partial charge in [0.2, 0.25) is 0 Å². The van der Waals surface area contributed by atoms with Crippen LogP contribution in [-0.2, 0) is 0 Å². The number of nitrogens with one attached hydrogen (secondary N) is 1. The zero-order chi connectivity index (χ0) is 16.2. The lowest BCUT2D eigenvalue weighted by atomic mass is 10.2. The SMILES string of the molecule is COc1cc(C)ccc1NC(=O)N1CCN(c2nccs2)CC1. The summed E-state index contributed by atoms with van der Waals surface area (Å²) in [4.78, 5) is 20.8. The van der Waals surface area contributed by atoms with Crippen LogP contribution < -0.4 is 15.0 Å². The van der Waals surface area contributed by atoms with E-state index in [4.69, 9.17) is 4.74 Å². The normalized spacial score (nSPS) is 14.7. The number of anilines is 2. The molecule has 1 aromatic heterocycles. The van der Waals surface area contributed by atoms with E-state index in [1.54, 1.807) is 18.4 Å². The van der Waals surface area contributed by atoms with Crippen molar-refractivity contribution in [3.05, 3.63) is 35.3 Å². The molecular weight excluding hydrogens is 312 g/mol. The Bertz CT molecular complexity index is 667. The number of thiazole rings is 1. The van der Waals surface area contributed by atoms with Gasteiger partial charge >= 0.3 is 6.03 Å². The second kappa shape index (κ2) is 6.87. The Hall–Kier alpha value is -2.28. The van der Waals surface area contributed by atoms with Crippen LogP contribution in [0, 0.1) is 6.92 Å². The summed E-state index contributed by atoms with van der Waals surface area (Å²) in [6.45, 7) is 4.95. The van der Waals surface area contributed by atoms with E-state index in [1.165, 1.54) is 0 Å². The Kier molecular flexibility index (Phi) is 4.66. The van der Waals surface area contributed by atoms with Crippen molar-refractivity contribution in [2.24, 2.45) is 0 Å². The van der Waals surface area contributed by atoms with Gasteiger partial charge in [0.1, 0.15) is 5.75 Å². The van der Waals surface area contributed by atoms with E-state index < -0.39 is 0 Å². The van der Waals surface area contributed by atoms with Crippen molar-refractivity contribution in [3.8, 4) is 5.75 Å². The molecule has 2 heterocycles. The number of aryl methyl sites for hydroxylation is 1. The summed E-state index contributed by atoms with van der Waals surface area (Å²) in [7, 11) is 1.61. The molecule has 1 aliphatic rings. The van der Waals surface area contributed by atoms with Gasteiger partial charge in [-0.05, 0) is 24.6 Å². The van der Waals surface area contributed by atoms with E-state index in [0.717, 1.165) is 23.8 Å². The minimum atomic E-state index is -0.0917. The van der Waals surface area contributed by atoms with Crippen LogP contribution in [0.3, 0.4) is 0 Å². The van der Waals surface area contributed by atoms with Crippen LogP contribution in [-0.4, -0.2) is 49.2 Å². The van der Waals surface area contributed by atoms with Gasteiger partial charge in [0, 0.05) is 37.8 Å². The number of urea groups is 1. The molecule has 1 N–H and O–H groups in total. The highest BCUT2D eigenvalue weighted by Gasteiger charge is 2.23. The van der Waals surface area contributed by atoms with Crippen molar-refractivity contribution in [1.82, 2.24) is 9.88 Å². The van der Waals surface area contributed by atoms with Crippen LogP contribution in [0.4, 0.5) is 15.6 Å². The van der Waals surface area contributed by atoms with Crippen molar-refractivity contribution in [1.29, 1.82) is 0 Å². The van der Waals surface area contributed by atoms with Crippen LogP contribution in [0.5, 0.6) is 5.75 Å².